The molecular weight excluding hydrogens is 254 g/mol. The van der Waals surface area contributed by atoms with E-state index in [2.05, 4.69) is 18.3 Å². The van der Waals surface area contributed by atoms with Gasteiger partial charge in [-0.2, -0.15) is 0 Å². The molecule has 0 spiro atoms. The van der Waals surface area contributed by atoms with E-state index in [0.717, 1.165) is 42.5 Å². The highest BCUT2D eigenvalue weighted by Crippen LogP contribution is 2.28. The van der Waals surface area contributed by atoms with Gasteiger partial charge in [0.05, 0.1) is 10.4 Å². The maximum atomic E-state index is 9.45. The largest absolute Gasteiger partial charge is 0.393 e. The van der Waals surface area contributed by atoms with Gasteiger partial charge < -0.3 is 10.4 Å². The summed E-state index contributed by atoms with van der Waals surface area (Å²) < 4.78 is 0.856. The Hall–Kier alpha value is -0.0900. The zero-order valence-corrected chi connectivity index (χ0v) is 11.7. The van der Waals surface area contributed by atoms with Gasteiger partial charge in [0.2, 0.25) is 0 Å². The molecule has 1 aliphatic carbocycles. The molecular formula is C13H20ClNOS. The van der Waals surface area contributed by atoms with E-state index >= 15 is 0 Å². The van der Waals surface area contributed by atoms with Gasteiger partial charge >= 0.3 is 0 Å². The Kier molecular flexibility index (Phi) is 4.86. The number of nitrogens with one attached hydrogen (secondary N) is 1. The third-order valence-electron chi connectivity index (χ3n) is 3.55. The molecule has 1 aromatic heterocycles. The van der Waals surface area contributed by atoms with Crippen LogP contribution in [0, 0.1) is 5.92 Å². The summed E-state index contributed by atoms with van der Waals surface area (Å²) in [5.41, 5.74) is 0. The van der Waals surface area contributed by atoms with E-state index in [0.29, 0.717) is 6.04 Å². The van der Waals surface area contributed by atoms with Crippen LogP contribution in [0.15, 0.2) is 12.1 Å². The summed E-state index contributed by atoms with van der Waals surface area (Å²) in [6, 6.07) is 4.42. The molecule has 0 saturated heterocycles. The molecule has 0 aliphatic heterocycles. The fourth-order valence-corrected chi connectivity index (χ4v) is 3.44. The molecule has 4 heteroatoms. The zero-order valence-electron chi connectivity index (χ0n) is 10.2. The summed E-state index contributed by atoms with van der Waals surface area (Å²) in [7, 11) is 0. The van der Waals surface area contributed by atoms with Crippen LogP contribution in [0.3, 0.4) is 0 Å². The van der Waals surface area contributed by atoms with Crippen LogP contribution < -0.4 is 5.32 Å². The van der Waals surface area contributed by atoms with Crippen molar-refractivity contribution in [1.29, 1.82) is 0 Å². The van der Waals surface area contributed by atoms with Crippen molar-refractivity contribution >= 4 is 22.9 Å². The van der Waals surface area contributed by atoms with Gasteiger partial charge in [-0.05, 0) is 57.2 Å². The van der Waals surface area contributed by atoms with Crippen molar-refractivity contribution in [1.82, 2.24) is 5.32 Å². The Labute approximate surface area is 112 Å². The van der Waals surface area contributed by atoms with E-state index in [9.17, 15) is 5.11 Å². The fourth-order valence-electron chi connectivity index (χ4n) is 2.35. The quantitative estimate of drug-likeness (QED) is 0.879. The van der Waals surface area contributed by atoms with Crippen LogP contribution in [0.5, 0.6) is 0 Å². The van der Waals surface area contributed by atoms with Gasteiger partial charge in [0.1, 0.15) is 0 Å². The third-order valence-corrected chi connectivity index (χ3v) is 4.96. The second-order valence-electron chi connectivity index (χ2n) is 4.95. The molecule has 1 aliphatic rings. The number of rotatable bonds is 4. The van der Waals surface area contributed by atoms with Crippen molar-refractivity contribution in [2.45, 2.75) is 44.8 Å². The molecule has 96 valence electrons. The van der Waals surface area contributed by atoms with E-state index in [1.807, 2.05) is 6.07 Å². The van der Waals surface area contributed by atoms with Crippen LogP contribution in [-0.4, -0.2) is 17.8 Å². The summed E-state index contributed by atoms with van der Waals surface area (Å²) in [6.07, 6.45) is 4.16. The smallest absolute Gasteiger partial charge is 0.0931 e. The highest BCUT2D eigenvalue weighted by atomic mass is 35.5. The van der Waals surface area contributed by atoms with Gasteiger partial charge in [-0.3, -0.25) is 0 Å². The van der Waals surface area contributed by atoms with Crippen LogP contribution in [0.1, 0.15) is 43.5 Å². The molecule has 17 heavy (non-hydrogen) atoms. The first-order valence-corrected chi connectivity index (χ1v) is 7.51. The predicted molar refractivity (Wildman–Crippen MR) is 73.7 cm³/mol. The third kappa shape index (κ3) is 3.95. The Morgan fingerprint density at radius 2 is 2.12 bits per heavy atom. The average Bonchev–Trinajstić information content (AvgIpc) is 2.75. The Morgan fingerprint density at radius 3 is 2.71 bits per heavy atom. The van der Waals surface area contributed by atoms with E-state index in [1.54, 1.807) is 11.3 Å². The average molecular weight is 274 g/mol. The SMILES string of the molecule is CC(NCC1CCC(O)CC1)c1ccc(Cl)s1. The van der Waals surface area contributed by atoms with Crippen molar-refractivity contribution in [3.8, 4) is 0 Å². The Balaban J connectivity index is 1.74. The summed E-state index contributed by atoms with van der Waals surface area (Å²) in [6.45, 7) is 3.23. The second-order valence-corrected chi connectivity index (χ2v) is 6.69. The maximum Gasteiger partial charge on any atom is 0.0931 e. The van der Waals surface area contributed by atoms with E-state index in [-0.39, 0.29) is 6.10 Å². The molecule has 1 unspecified atom stereocenters. The molecule has 0 aromatic carbocycles. The molecule has 2 N–H and O–H groups in total. The van der Waals surface area contributed by atoms with Crippen molar-refractivity contribution in [3.63, 3.8) is 0 Å². The van der Waals surface area contributed by atoms with E-state index in [1.165, 1.54) is 4.88 Å². The van der Waals surface area contributed by atoms with Crippen LogP contribution >= 0.6 is 22.9 Å². The zero-order chi connectivity index (χ0) is 12.3. The number of aliphatic hydroxyl groups is 1. The summed E-state index contributed by atoms with van der Waals surface area (Å²) in [4.78, 5) is 1.30. The first-order chi connectivity index (χ1) is 8.15. The first kappa shape index (κ1) is 13.3. The number of thiophene rings is 1. The molecule has 2 rings (SSSR count). The van der Waals surface area contributed by atoms with Gasteiger partial charge in [0, 0.05) is 10.9 Å². The minimum Gasteiger partial charge on any atom is -0.393 e. The number of halogens is 1. The van der Waals surface area contributed by atoms with Gasteiger partial charge in [0.25, 0.3) is 0 Å². The topological polar surface area (TPSA) is 32.3 Å². The molecule has 0 radical (unpaired) electrons. The van der Waals surface area contributed by atoms with E-state index < -0.39 is 0 Å². The van der Waals surface area contributed by atoms with E-state index in [4.69, 9.17) is 11.6 Å². The Morgan fingerprint density at radius 1 is 1.41 bits per heavy atom. The van der Waals surface area contributed by atoms with Crippen LogP contribution in [0.25, 0.3) is 0 Å². The minimum atomic E-state index is -0.0558. The van der Waals surface area contributed by atoms with Gasteiger partial charge in [0.15, 0.2) is 0 Å². The maximum absolute atomic E-state index is 9.45. The first-order valence-electron chi connectivity index (χ1n) is 6.32. The van der Waals surface area contributed by atoms with Crippen LogP contribution in [-0.2, 0) is 0 Å². The molecule has 2 nitrogen and oxygen atoms in total. The minimum absolute atomic E-state index is 0.0558. The van der Waals surface area contributed by atoms with Gasteiger partial charge in [-0.1, -0.05) is 11.6 Å². The van der Waals surface area contributed by atoms with Crippen LogP contribution in [0.2, 0.25) is 4.34 Å². The lowest BCUT2D eigenvalue weighted by Gasteiger charge is -2.26. The summed E-state index contributed by atoms with van der Waals surface area (Å²) in [5, 5.41) is 13.0. The standard InChI is InChI=1S/C13H20ClNOS/c1-9(12-6-7-13(14)17-12)15-8-10-2-4-11(16)5-3-10/h6-7,9-11,15-16H,2-5,8H2,1H3. The second kappa shape index (κ2) is 6.19. The molecule has 0 bridgehead atoms. The highest BCUT2D eigenvalue weighted by Gasteiger charge is 2.19. The molecule has 1 saturated carbocycles. The van der Waals surface area contributed by atoms with Gasteiger partial charge in [-0.15, -0.1) is 11.3 Å². The predicted octanol–water partition coefficient (Wildman–Crippen LogP) is 3.60. The number of hydrogen-bond acceptors (Lipinski definition) is 3. The lowest BCUT2D eigenvalue weighted by Crippen LogP contribution is -2.29. The number of aliphatic hydroxyl groups excluding tert-OH is 1. The van der Waals surface area contributed by atoms with Crippen molar-refractivity contribution in [2.75, 3.05) is 6.54 Å². The summed E-state index contributed by atoms with van der Waals surface area (Å²) >= 11 is 7.58. The monoisotopic (exact) mass is 273 g/mol. The highest BCUT2D eigenvalue weighted by molar-refractivity contribution is 7.16. The van der Waals surface area contributed by atoms with Crippen molar-refractivity contribution in [3.05, 3.63) is 21.3 Å². The lowest BCUT2D eigenvalue weighted by molar-refractivity contribution is 0.108. The molecule has 1 aromatic rings. The van der Waals surface area contributed by atoms with Gasteiger partial charge in [-0.25, -0.2) is 0 Å². The molecule has 1 heterocycles. The molecule has 1 fully saturated rings. The van der Waals surface area contributed by atoms with Crippen molar-refractivity contribution < 1.29 is 5.11 Å². The van der Waals surface area contributed by atoms with Crippen molar-refractivity contribution in [2.24, 2.45) is 5.92 Å². The van der Waals surface area contributed by atoms with Crippen LogP contribution in [0.4, 0.5) is 0 Å². The fraction of sp³-hybridized carbons (Fsp3) is 0.692. The Bertz CT molecular complexity index is 347. The molecule has 1 atom stereocenters. The summed E-state index contributed by atoms with van der Waals surface area (Å²) in [5.74, 6) is 0.719. The normalized spacial score (nSPS) is 27.0. The number of hydrogen-bond donors (Lipinski definition) is 2. The lowest BCUT2D eigenvalue weighted by atomic mass is 9.87. The molecule has 0 amide bonds.